The van der Waals surface area contributed by atoms with Crippen molar-refractivity contribution in [3.8, 4) is 5.75 Å². The van der Waals surface area contributed by atoms with Crippen LogP contribution < -0.4 is 15.4 Å². The van der Waals surface area contributed by atoms with Crippen molar-refractivity contribution < 1.29 is 19.0 Å². The average Bonchev–Trinajstić information content (AvgIpc) is 3.08. The number of carbonyl (C=O) groups is 2. The van der Waals surface area contributed by atoms with Crippen molar-refractivity contribution >= 4 is 34.2 Å². The van der Waals surface area contributed by atoms with Crippen LogP contribution in [0, 0.1) is 0 Å². The molecule has 3 aromatic rings. The zero-order valence-corrected chi connectivity index (χ0v) is 14.2. The fourth-order valence-corrected chi connectivity index (χ4v) is 3.33. The first-order valence-electron chi connectivity index (χ1n) is 8.07. The lowest BCUT2D eigenvalue weighted by Crippen LogP contribution is -2.24. The van der Waals surface area contributed by atoms with E-state index < -0.39 is 0 Å². The summed E-state index contributed by atoms with van der Waals surface area (Å²) in [6.45, 7) is 1.42. The number of rotatable bonds is 3. The second-order valence-electron chi connectivity index (χ2n) is 6.11. The molecule has 2 N–H and O–H groups in total. The van der Waals surface area contributed by atoms with Crippen molar-refractivity contribution in [1.29, 1.82) is 0 Å². The Hall–Kier alpha value is -3.42. The Kier molecular flexibility index (Phi) is 3.80. The lowest BCUT2D eigenvalue weighted by Gasteiger charge is -2.27. The molecule has 0 spiro atoms. The van der Waals surface area contributed by atoms with Crippen molar-refractivity contribution in [3.63, 3.8) is 0 Å². The molecule has 2 heterocycles. The molecule has 0 fully saturated rings. The zero-order chi connectivity index (χ0) is 18.3. The lowest BCUT2D eigenvalue weighted by molar-refractivity contribution is -0.116. The van der Waals surface area contributed by atoms with Crippen LogP contribution in [0.5, 0.6) is 5.75 Å². The number of amides is 2. The Morgan fingerprint density at radius 3 is 2.92 bits per heavy atom. The molecule has 1 aliphatic heterocycles. The van der Waals surface area contributed by atoms with Gasteiger partial charge in [0.2, 0.25) is 11.8 Å². The quantitative estimate of drug-likeness (QED) is 0.750. The molecular formula is C18H16N4O4. The van der Waals surface area contributed by atoms with Gasteiger partial charge in [-0.1, -0.05) is 12.1 Å². The lowest BCUT2D eigenvalue weighted by atomic mass is 9.84. The highest BCUT2D eigenvalue weighted by Crippen LogP contribution is 2.43. The minimum atomic E-state index is -0.227. The number of nitrogens with zero attached hydrogens (tertiary/aromatic N) is 2. The Morgan fingerprint density at radius 1 is 1.31 bits per heavy atom. The summed E-state index contributed by atoms with van der Waals surface area (Å²) in [7, 11) is 1.53. The maximum Gasteiger partial charge on any atom is 0.225 e. The molecule has 0 aliphatic carbocycles. The number of aromatic nitrogens is 2. The van der Waals surface area contributed by atoms with Crippen LogP contribution in [0.25, 0.3) is 11.0 Å². The summed E-state index contributed by atoms with van der Waals surface area (Å²) < 4.78 is 10.3. The molecule has 8 heteroatoms. The van der Waals surface area contributed by atoms with Gasteiger partial charge in [-0.05, 0) is 39.6 Å². The first-order valence-corrected chi connectivity index (χ1v) is 8.07. The van der Waals surface area contributed by atoms with E-state index in [0.717, 1.165) is 11.1 Å². The number of benzene rings is 2. The smallest absolute Gasteiger partial charge is 0.225 e. The highest BCUT2D eigenvalue weighted by atomic mass is 16.6. The van der Waals surface area contributed by atoms with E-state index in [9.17, 15) is 9.59 Å². The van der Waals surface area contributed by atoms with Gasteiger partial charge in [0.05, 0.1) is 12.8 Å². The van der Waals surface area contributed by atoms with Crippen LogP contribution >= 0.6 is 0 Å². The van der Waals surface area contributed by atoms with Crippen molar-refractivity contribution in [2.24, 2.45) is 0 Å². The molecule has 2 amide bonds. The Balaban J connectivity index is 1.88. The molecule has 0 bridgehead atoms. The van der Waals surface area contributed by atoms with Gasteiger partial charge in [0.1, 0.15) is 16.8 Å². The predicted octanol–water partition coefficient (Wildman–Crippen LogP) is 2.66. The van der Waals surface area contributed by atoms with E-state index in [1.807, 2.05) is 18.2 Å². The topological polar surface area (TPSA) is 106 Å². The maximum absolute atomic E-state index is 12.3. The Labute approximate surface area is 148 Å². The molecule has 132 valence electrons. The monoisotopic (exact) mass is 352 g/mol. The molecule has 0 radical (unpaired) electrons. The number of anilines is 2. The number of nitrogens with one attached hydrogen (secondary N) is 2. The van der Waals surface area contributed by atoms with Gasteiger partial charge in [0.25, 0.3) is 0 Å². The van der Waals surface area contributed by atoms with E-state index in [0.29, 0.717) is 28.2 Å². The summed E-state index contributed by atoms with van der Waals surface area (Å²) >= 11 is 0. The van der Waals surface area contributed by atoms with Gasteiger partial charge in [-0.3, -0.25) is 9.59 Å². The number of carbonyl (C=O) groups excluding carboxylic acids is 2. The number of fused-ring (bicyclic) bond motifs is 2. The van der Waals surface area contributed by atoms with Crippen molar-refractivity contribution in [3.05, 3.63) is 41.5 Å². The molecule has 1 unspecified atom stereocenters. The van der Waals surface area contributed by atoms with Gasteiger partial charge >= 0.3 is 0 Å². The number of ether oxygens (including phenoxy) is 1. The third-order valence-electron chi connectivity index (χ3n) is 4.41. The first-order chi connectivity index (χ1) is 12.6. The molecule has 0 saturated carbocycles. The number of methoxy groups -OCH3 is 1. The normalized spacial score (nSPS) is 16.1. The van der Waals surface area contributed by atoms with E-state index >= 15 is 0 Å². The molecule has 2 aromatic carbocycles. The summed E-state index contributed by atoms with van der Waals surface area (Å²) in [5.41, 5.74) is 4.13. The summed E-state index contributed by atoms with van der Waals surface area (Å²) in [5, 5.41) is 13.4. The Bertz CT molecular complexity index is 1030. The third-order valence-corrected chi connectivity index (χ3v) is 4.41. The summed E-state index contributed by atoms with van der Waals surface area (Å²) in [5.74, 6) is -0.0459. The standard InChI is InChI=1S/C18H16N4O4/c1-9(23)19-15-8-14-12(6-16(15)25-2)11(7-17(24)20-14)10-4-3-5-13-18(10)22-26-21-13/h3-6,8,11H,7H2,1-2H3,(H,19,23)(H,20,24). The van der Waals surface area contributed by atoms with Crippen LogP contribution in [0.1, 0.15) is 30.4 Å². The Morgan fingerprint density at radius 2 is 2.15 bits per heavy atom. The molecule has 0 saturated heterocycles. The van der Waals surface area contributed by atoms with Gasteiger partial charge < -0.3 is 15.4 Å². The summed E-state index contributed by atoms with van der Waals surface area (Å²) in [6, 6.07) is 9.11. The third kappa shape index (κ3) is 2.65. The average molecular weight is 352 g/mol. The first kappa shape index (κ1) is 16.1. The second kappa shape index (κ2) is 6.14. The van der Waals surface area contributed by atoms with E-state index in [1.54, 1.807) is 12.1 Å². The molecule has 26 heavy (non-hydrogen) atoms. The van der Waals surface area contributed by atoms with Crippen LogP contribution in [0.2, 0.25) is 0 Å². The highest BCUT2D eigenvalue weighted by molar-refractivity contribution is 5.99. The SMILES string of the molecule is COc1cc2c(cc1NC(C)=O)NC(=O)CC2c1cccc2nonc12. The fourth-order valence-electron chi connectivity index (χ4n) is 3.33. The molecular weight excluding hydrogens is 336 g/mol. The van der Waals surface area contributed by atoms with E-state index in [2.05, 4.69) is 20.9 Å². The van der Waals surface area contributed by atoms with E-state index in [4.69, 9.17) is 9.37 Å². The van der Waals surface area contributed by atoms with Crippen molar-refractivity contribution in [2.45, 2.75) is 19.3 Å². The second-order valence-corrected chi connectivity index (χ2v) is 6.11. The van der Waals surface area contributed by atoms with Crippen molar-refractivity contribution in [1.82, 2.24) is 10.3 Å². The van der Waals surface area contributed by atoms with Gasteiger partial charge in [0.15, 0.2) is 0 Å². The van der Waals surface area contributed by atoms with E-state index in [-0.39, 0.29) is 24.2 Å². The predicted molar refractivity (Wildman–Crippen MR) is 94.2 cm³/mol. The number of hydrogen-bond donors (Lipinski definition) is 2. The zero-order valence-electron chi connectivity index (χ0n) is 14.2. The molecule has 1 atom stereocenters. The van der Waals surface area contributed by atoms with Gasteiger partial charge in [-0.2, -0.15) is 0 Å². The van der Waals surface area contributed by atoms with Crippen LogP contribution in [-0.2, 0) is 9.59 Å². The minimum Gasteiger partial charge on any atom is -0.495 e. The van der Waals surface area contributed by atoms with Crippen LogP contribution in [0.15, 0.2) is 35.0 Å². The molecule has 1 aliphatic rings. The minimum absolute atomic E-state index is 0.116. The molecule has 8 nitrogen and oxygen atoms in total. The maximum atomic E-state index is 12.3. The number of hydrogen-bond acceptors (Lipinski definition) is 6. The highest BCUT2D eigenvalue weighted by Gasteiger charge is 2.30. The van der Waals surface area contributed by atoms with Crippen LogP contribution in [-0.4, -0.2) is 29.2 Å². The molecule has 4 rings (SSSR count). The summed E-state index contributed by atoms with van der Waals surface area (Å²) in [6.07, 6.45) is 0.265. The fraction of sp³-hybridized carbons (Fsp3) is 0.222. The van der Waals surface area contributed by atoms with E-state index in [1.165, 1.54) is 14.0 Å². The molecule has 1 aromatic heterocycles. The van der Waals surface area contributed by atoms with Crippen LogP contribution in [0.4, 0.5) is 11.4 Å². The van der Waals surface area contributed by atoms with Crippen molar-refractivity contribution in [2.75, 3.05) is 17.7 Å². The summed E-state index contributed by atoms with van der Waals surface area (Å²) in [4.78, 5) is 23.7. The largest absolute Gasteiger partial charge is 0.495 e. The van der Waals surface area contributed by atoms with Crippen LogP contribution in [0.3, 0.4) is 0 Å². The van der Waals surface area contributed by atoms with Gasteiger partial charge in [-0.15, -0.1) is 0 Å². The van der Waals surface area contributed by atoms with Gasteiger partial charge in [0, 0.05) is 24.9 Å². The van der Waals surface area contributed by atoms with Gasteiger partial charge in [-0.25, -0.2) is 4.63 Å².